The standard InChI is InChI=1S/C17H17F2NO3/c1-3-22-13-6-4-12(5-7-13)20-17(21)11(2)23-14-8-9-15(18)16(19)10-14/h4-11H,3H2,1-2H3,(H,20,21). The third kappa shape index (κ3) is 4.67. The second-order valence-electron chi connectivity index (χ2n) is 4.78. The van der Waals surface area contributed by atoms with Crippen molar-refractivity contribution in [2.75, 3.05) is 11.9 Å². The lowest BCUT2D eigenvalue weighted by molar-refractivity contribution is -0.122. The Kier molecular flexibility index (Phi) is 5.51. The number of rotatable bonds is 6. The highest BCUT2D eigenvalue weighted by Gasteiger charge is 2.16. The van der Waals surface area contributed by atoms with Gasteiger partial charge in [0.25, 0.3) is 5.91 Å². The summed E-state index contributed by atoms with van der Waals surface area (Å²) in [6.07, 6.45) is -0.869. The van der Waals surface area contributed by atoms with E-state index in [9.17, 15) is 13.6 Å². The summed E-state index contributed by atoms with van der Waals surface area (Å²) in [5.41, 5.74) is 0.583. The van der Waals surface area contributed by atoms with Crippen LogP contribution in [0.5, 0.6) is 11.5 Å². The molecular formula is C17H17F2NO3. The molecular weight excluding hydrogens is 304 g/mol. The number of benzene rings is 2. The van der Waals surface area contributed by atoms with Crippen molar-refractivity contribution in [3.05, 3.63) is 54.1 Å². The second-order valence-corrected chi connectivity index (χ2v) is 4.78. The molecule has 0 radical (unpaired) electrons. The summed E-state index contributed by atoms with van der Waals surface area (Å²) >= 11 is 0. The van der Waals surface area contributed by atoms with Gasteiger partial charge in [-0.1, -0.05) is 0 Å². The molecule has 0 aliphatic carbocycles. The van der Waals surface area contributed by atoms with Crippen LogP contribution in [0.25, 0.3) is 0 Å². The molecule has 0 aromatic heterocycles. The number of ether oxygens (including phenoxy) is 2. The van der Waals surface area contributed by atoms with Crippen molar-refractivity contribution in [3.63, 3.8) is 0 Å². The van der Waals surface area contributed by atoms with Crippen LogP contribution in [0.1, 0.15) is 13.8 Å². The molecule has 0 heterocycles. The zero-order valence-electron chi connectivity index (χ0n) is 12.8. The molecule has 2 aromatic carbocycles. The van der Waals surface area contributed by atoms with Crippen LogP contribution in [-0.4, -0.2) is 18.6 Å². The third-order valence-corrected chi connectivity index (χ3v) is 3.01. The number of carbonyl (C=O) groups is 1. The summed E-state index contributed by atoms with van der Waals surface area (Å²) in [5, 5.41) is 2.67. The van der Waals surface area contributed by atoms with Crippen LogP contribution in [-0.2, 0) is 4.79 Å². The molecule has 23 heavy (non-hydrogen) atoms. The van der Waals surface area contributed by atoms with Crippen molar-refractivity contribution in [1.82, 2.24) is 0 Å². The number of hydrogen-bond acceptors (Lipinski definition) is 3. The summed E-state index contributed by atoms with van der Waals surface area (Å²) in [6.45, 7) is 3.96. The Hall–Kier alpha value is -2.63. The molecule has 4 nitrogen and oxygen atoms in total. The van der Waals surface area contributed by atoms with E-state index in [1.54, 1.807) is 24.3 Å². The van der Waals surface area contributed by atoms with Gasteiger partial charge >= 0.3 is 0 Å². The first kappa shape index (κ1) is 16.7. The molecule has 0 bridgehead atoms. The molecule has 0 saturated carbocycles. The Balaban J connectivity index is 1.95. The van der Waals surface area contributed by atoms with Gasteiger partial charge in [-0.2, -0.15) is 0 Å². The normalized spacial score (nSPS) is 11.7. The fourth-order valence-corrected chi connectivity index (χ4v) is 1.85. The van der Waals surface area contributed by atoms with Gasteiger partial charge in [0.05, 0.1) is 6.61 Å². The van der Waals surface area contributed by atoms with E-state index in [4.69, 9.17) is 9.47 Å². The van der Waals surface area contributed by atoms with E-state index in [0.29, 0.717) is 18.0 Å². The molecule has 1 atom stereocenters. The lowest BCUT2D eigenvalue weighted by atomic mass is 10.2. The van der Waals surface area contributed by atoms with Gasteiger partial charge in [-0.05, 0) is 50.2 Å². The van der Waals surface area contributed by atoms with Crippen molar-refractivity contribution in [2.24, 2.45) is 0 Å². The summed E-state index contributed by atoms with van der Waals surface area (Å²) in [6, 6.07) is 9.98. The van der Waals surface area contributed by atoms with Gasteiger partial charge < -0.3 is 14.8 Å². The molecule has 2 aromatic rings. The molecule has 1 amide bonds. The van der Waals surface area contributed by atoms with Crippen LogP contribution < -0.4 is 14.8 Å². The molecule has 0 aliphatic rings. The van der Waals surface area contributed by atoms with E-state index in [-0.39, 0.29) is 5.75 Å². The summed E-state index contributed by atoms with van der Waals surface area (Å²) in [4.78, 5) is 12.0. The minimum Gasteiger partial charge on any atom is -0.494 e. The van der Waals surface area contributed by atoms with Crippen molar-refractivity contribution in [1.29, 1.82) is 0 Å². The van der Waals surface area contributed by atoms with Gasteiger partial charge in [0.15, 0.2) is 17.7 Å². The summed E-state index contributed by atoms with van der Waals surface area (Å²) in [5.74, 6) is -1.61. The third-order valence-electron chi connectivity index (χ3n) is 3.01. The van der Waals surface area contributed by atoms with Crippen LogP contribution in [0.15, 0.2) is 42.5 Å². The maximum absolute atomic E-state index is 13.1. The van der Waals surface area contributed by atoms with Gasteiger partial charge in [-0.15, -0.1) is 0 Å². The van der Waals surface area contributed by atoms with Gasteiger partial charge in [0.2, 0.25) is 0 Å². The maximum Gasteiger partial charge on any atom is 0.265 e. The van der Waals surface area contributed by atoms with Crippen LogP contribution in [0.2, 0.25) is 0 Å². The van der Waals surface area contributed by atoms with Crippen LogP contribution >= 0.6 is 0 Å². The van der Waals surface area contributed by atoms with Crippen LogP contribution in [0.3, 0.4) is 0 Å². The Morgan fingerprint density at radius 2 is 1.74 bits per heavy atom. The molecule has 0 spiro atoms. The van der Waals surface area contributed by atoms with Crippen molar-refractivity contribution < 1.29 is 23.0 Å². The highest BCUT2D eigenvalue weighted by molar-refractivity contribution is 5.94. The van der Waals surface area contributed by atoms with Crippen molar-refractivity contribution in [2.45, 2.75) is 20.0 Å². The minimum atomic E-state index is -1.03. The van der Waals surface area contributed by atoms with Gasteiger partial charge in [0.1, 0.15) is 11.5 Å². The fourth-order valence-electron chi connectivity index (χ4n) is 1.85. The fraction of sp³-hybridized carbons (Fsp3) is 0.235. The highest BCUT2D eigenvalue weighted by Crippen LogP contribution is 2.18. The Morgan fingerprint density at radius 3 is 2.35 bits per heavy atom. The van der Waals surface area contributed by atoms with E-state index >= 15 is 0 Å². The average Bonchev–Trinajstić information content (AvgIpc) is 2.53. The first-order valence-corrected chi connectivity index (χ1v) is 7.15. The number of carbonyl (C=O) groups excluding carboxylic acids is 1. The molecule has 6 heteroatoms. The average molecular weight is 321 g/mol. The molecule has 1 N–H and O–H groups in total. The first-order chi connectivity index (χ1) is 11.0. The number of anilines is 1. The van der Waals surface area contributed by atoms with E-state index in [1.165, 1.54) is 13.0 Å². The molecule has 122 valence electrons. The van der Waals surface area contributed by atoms with Crippen molar-refractivity contribution >= 4 is 11.6 Å². The monoisotopic (exact) mass is 321 g/mol. The summed E-state index contributed by atoms with van der Waals surface area (Å²) < 4.78 is 36.6. The van der Waals surface area contributed by atoms with E-state index in [0.717, 1.165) is 12.1 Å². The van der Waals surface area contributed by atoms with Crippen molar-refractivity contribution in [3.8, 4) is 11.5 Å². The summed E-state index contributed by atoms with van der Waals surface area (Å²) in [7, 11) is 0. The van der Waals surface area contributed by atoms with E-state index in [2.05, 4.69) is 5.32 Å². The Morgan fingerprint density at radius 1 is 1.09 bits per heavy atom. The SMILES string of the molecule is CCOc1ccc(NC(=O)C(C)Oc2ccc(F)c(F)c2)cc1. The maximum atomic E-state index is 13.1. The molecule has 0 fully saturated rings. The number of halogens is 2. The lowest BCUT2D eigenvalue weighted by Crippen LogP contribution is -2.30. The van der Waals surface area contributed by atoms with Crippen LogP contribution in [0.4, 0.5) is 14.5 Å². The molecule has 2 rings (SSSR count). The molecule has 0 saturated heterocycles. The zero-order chi connectivity index (χ0) is 16.8. The highest BCUT2D eigenvalue weighted by atomic mass is 19.2. The smallest absolute Gasteiger partial charge is 0.265 e. The largest absolute Gasteiger partial charge is 0.494 e. The molecule has 1 unspecified atom stereocenters. The Bertz CT molecular complexity index is 674. The minimum absolute atomic E-state index is 0.0817. The molecule has 0 aliphatic heterocycles. The predicted molar refractivity (Wildman–Crippen MR) is 82.7 cm³/mol. The number of amides is 1. The van der Waals surface area contributed by atoms with Gasteiger partial charge in [-0.25, -0.2) is 8.78 Å². The first-order valence-electron chi connectivity index (χ1n) is 7.15. The van der Waals surface area contributed by atoms with Gasteiger partial charge in [-0.3, -0.25) is 4.79 Å². The second kappa shape index (κ2) is 7.58. The van der Waals surface area contributed by atoms with E-state index < -0.39 is 23.6 Å². The topological polar surface area (TPSA) is 47.6 Å². The quantitative estimate of drug-likeness (QED) is 0.881. The van der Waals surface area contributed by atoms with E-state index in [1.807, 2.05) is 6.92 Å². The predicted octanol–water partition coefficient (Wildman–Crippen LogP) is 3.77. The van der Waals surface area contributed by atoms with Crippen LogP contribution in [0, 0.1) is 11.6 Å². The van der Waals surface area contributed by atoms with Gasteiger partial charge in [0, 0.05) is 11.8 Å². The zero-order valence-corrected chi connectivity index (χ0v) is 12.8. The lowest BCUT2D eigenvalue weighted by Gasteiger charge is -2.15. The Labute approximate surface area is 133 Å². The number of hydrogen-bond donors (Lipinski definition) is 1. The number of nitrogens with one attached hydrogen (secondary N) is 1.